The molecular formula is C19H36N4O6. The van der Waals surface area contributed by atoms with Crippen molar-refractivity contribution in [3.8, 4) is 0 Å². The molecule has 0 unspecified atom stereocenters. The van der Waals surface area contributed by atoms with Crippen molar-refractivity contribution < 1.29 is 28.7 Å². The molecule has 0 spiro atoms. The second kappa shape index (κ2) is 21.0. The Kier molecular flexibility index (Phi) is 19.8. The number of nitrogens with one attached hydrogen (secondary N) is 4. The fraction of sp³-hybridized carbons (Fsp3) is 0.789. The van der Waals surface area contributed by atoms with Gasteiger partial charge in [-0.1, -0.05) is 19.8 Å². The van der Waals surface area contributed by atoms with Gasteiger partial charge in [0.2, 0.25) is 12.2 Å². The smallest absolute Gasteiger partial charge is 0.301 e. The van der Waals surface area contributed by atoms with Crippen LogP contribution in [0.4, 0.5) is 0 Å². The minimum Gasteiger partial charge on any atom is -0.379 e. The van der Waals surface area contributed by atoms with E-state index >= 15 is 0 Å². The molecule has 0 saturated heterocycles. The number of ether oxygens (including phenoxy) is 2. The number of hydrogen-bond acceptors (Lipinski definition) is 9. The van der Waals surface area contributed by atoms with Crippen molar-refractivity contribution in [1.29, 1.82) is 0 Å². The Hall–Kier alpha value is -1.72. The fourth-order valence-electron chi connectivity index (χ4n) is 2.22. The van der Waals surface area contributed by atoms with Crippen LogP contribution in [0.15, 0.2) is 0 Å². The number of carbonyl (C=O) groups excluding carboxylic acids is 4. The summed E-state index contributed by atoms with van der Waals surface area (Å²) < 4.78 is 10.9. The Labute approximate surface area is 172 Å². The summed E-state index contributed by atoms with van der Waals surface area (Å²) in [5, 5.41) is 10.9. The van der Waals surface area contributed by atoms with Crippen molar-refractivity contribution in [2.45, 2.75) is 32.6 Å². The Balaban J connectivity index is 3.26. The lowest BCUT2D eigenvalue weighted by atomic mass is 10.2. The summed E-state index contributed by atoms with van der Waals surface area (Å²) in [6.45, 7) is 8.19. The molecule has 2 amide bonds. The molecule has 0 radical (unpaired) electrons. The van der Waals surface area contributed by atoms with Crippen LogP contribution in [-0.2, 0) is 28.7 Å². The van der Waals surface area contributed by atoms with Gasteiger partial charge in [-0.3, -0.25) is 24.5 Å². The van der Waals surface area contributed by atoms with E-state index in [0.29, 0.717) is 39.5 Å². The van der Waals surface area contributed by atoms with Crippen LogP contribution >= 0.6 is 0 Å². The van der Waals surface area contributed by atoms with Crippen molar-refractivity contribution in [2.75, 3.05) is 65.7 Å². The monoisotopic (exact) mass is 416 g/mol. The quantitative estimate of drug-likeness (QED) is 0.0741. The number of hydrogen-bond donors (Lipinski definition) is 4. The molecule has 0 heterocycles. The van der Waals surface area contributed by atoms with Crippen LogP contribution in [0.25, 0.3) is 0 Å². The van der Waals surface area contributed by atoms with Crippen molar-refractivity contribution in [3.05, 3.63) is 0 Å². The van der Waals surface area contributed by atoms with Gasteiger partial charge in [0.15, 0.2) is 0 Å². The maximum absolute atomic E-state index is 11.4. The summed E-state index contributed by atoms with van der Waals surface area (Å²) in [4.78, 5) is 43.7. The number of carbonyl (C=O) groups is 4. The van der Waals surface area contributed by atoms with Crippen molar-refractivity contribution in [2.24, 2.45) is 0 Å². The summed E-state index contributed by atoms with van der Waals surface area (Å²) >= 11 is 0. The number of unbranched alkanes of at least 4 members (excludes halogenated alkanes) is 2. The third kappa shape index (κ3) is 18.1. The Bertz CT molecular complexity index is 462. The molecule has 0 saturated carbocycles. The highest BCUT2D eigenvalue weighted by Gasteiger charge is 2.21. The minimum atomic E-state index is -1.23. The maximum atomic E-state index is 11.4. The van der Waals surface area contributed by atoms with Gasteiger partial charge in [0.05, 0.1) is 26.4 Å². The number of amides is 2. The zero-order valence-electron chi connectivity index (χ0n) is 17.4. The molecule has 0 aliphatic carbocycles. The molecule has 168 valence electrons. The standard InChI is InChI=1S/C19H36N4O6/c1-2-3-4-6-21-10-12-29-14-13-28-11-5-7-20-8-9-22-15-17(25)18(26)19(27)23-16-24/h16,20-22H,2-15H2,1H3,(H,23,24,27). The van der Waals surface area contributed by atoms with Crippen LogP contribution in [0.5, 0.6) is 0 Å². The number of imide groups is 1. The fourth-order valence-corrected chi connectivity index (χ4v) is 2.22. The van der Waals surface area contributed by atoms with E-state index in [1.807, 2.05) is 0 Å². The predicted molar refractivity (Wildman–Crippen MR) is 109 cm³/mol. The van der Waals surface area contributed by atoms with Crippen LogP contribution in [0.3, 0.4) is 0 Å². The highest BCUT2D eigenvalue weighted by atomic mass is 16.5. The first kappa shape index (κ1) is 27.3. The Morgan fingerprint density at radius 1 is 0.759 bits per heavy atom. The summed E-state index contributed by atoms with van der Waals surface area (Å²) in [6, 6.07) is 0. The number of ketones is 2. The van der Waals surface area contributed by atoms with E-state index in [9.17, 15) is 19.2 Å². The minimum absolute atomic E-state index is 0.0650. The van der Waals surface area contributed by atoms with Crippen LogP contribution in [0.2, 0.25) is 0 Å². The third-order valence-electron chi connectivity index (χ3n) is 3.81. The normalized spacial score (nSPS) is 10.7. The van der Waals surface area contributed by atoms with Crippen molar-refractivity contribution >= 4 is 23.9 Å². The third-order valence-corrected chi connectivity index (χ3v) is 3.81. The van der Waals surface area contributed by atoms with E-state index in [0.717, 1.165) is 26.1 Å². The van der Waals surface area contributed by atoms with Crippen molar-refractivity contribution in [3.63, 3.8) is 0 Å². The van der Waals surface area contributed by atoms with Gasteiger partial charge in [0.25, 0.3) is 5.78 Å². The molecule has 10 heteroatoms. The van der Waals surface area contributed by atoms with Crippen molar-refractivity contribution in [1.82, 2.24) is 21.3 Å². The summed E-state index contributed by atoms with van der Waals surface area (Å²) in [7, 11) is 0. The summed E-state index contributed by atoms with van der Waals surface area (Å²) in [6.07, 6.45) is 4.62. The summed E-state index contributed by atoms with van der Waals surface area (Å²) in [5.74, 6) is -3.33. The lowest BCUT2D eigenvalue weighted by Crippen LogP contribution is -2.40. The molecule has 0 aromatic rings. The van der Waals surface area contributed by atoms with E-state index in [1.54, 1.807) is 5.32 Å². The molecule has 0 atom stereocenters. The first-order valence-electron chi connectivity index (χ1n) is 10.2. The molecule has 29 heavy (non-hydrogen) atoms. The Morgan fingerprint density at radius 2 is 1.41 bits per heavy atom. The molecule has 4 N–H and O–H groups in total. The van der Waals surface area contributed by atoms with Crippen LogP contribution in [0, 0.1) is 0 Å². The van der Waals surface area contributed by atoms with Gasteiger partial charge in [-0.2, -0.15) is 0 Å². The van der Waals surface area contributed by atoms with Gasteiger partial charge in [0.1, 0.15) is 0 Å². The number of Topliss-reactive ketones (excluding diaryl/α,β-unsaturated/α-hetero) is 2. The van der Waals surface area contributed by atoms with E-state index in [-0.39, 0.29) is 13.0 Å². The maximum Gasteiger partial charge on any atom is 0.301 e. The first-order valence-corrected chi connectivity index (χ1v) is 10.2. The molecule has 0 bridgehead atoms. The lowest BCUT2D eigenvalue weighted by Gasteiger charge is -2.08. The SMILES string of the molecule is CCCCCNCCOCCOCCCNCCNCC(=O)C(=O)C(=O)NC=O. The molecule has 0 aromatic carbocycles. The van der Waals surface area contributed by atoms with E-state index in [2.05, 4.69) is 22.9 Å². The van der Waals surface area contributed by atoms with E-state index < -0.39 is 17.5 Å². The summed E-state index contributed by atoms with van der Waals surface area (Å²) in [5.41, 5.74) is 0. The zero-order chi connectivity index (χ0) is 21.6. The van der Waals surface area contributed by atoms with E-state index in [4.69, 9.17) is 9.47 Å². The van der Waals surface area contributed by atoms with Gasteiger partial charge in [-0.05, 0) is 25.9 Å². The number of rotatable bonds is 22. The van der Waals surface area contributed by atoms with Gasteiger partial charge in [-0.15, -0.1) is 0 Å². The largest absolute Gasteiger partial charge is 0.379 e. The van der Waals surface area contributed by atoms with Gasteiger partial charge in [-0.25, -0.2) is 0 Å². The van der Waals surface area contributed by atoms with E-state index in [1.165, 1.54) is 19.3 Å². The molecule has 10 nitrogen and oxygen atoms in total. The molecule has 0 fully saturated rings. The second-order valence-corrected chi connectivity index (χ2v) is 6.31. The van der Waals surface area contributed by atoms with Crippen LogP contribution in [0.1, 0.15) is 32.6 Å². The van der Waals surface area contributed by atoms with Crippen LogP contribution < -0.4 is 21.3 Å². The average Bonchev–Trinajstić information content (AvgIpc) is 2.72. The molecule has 0 aliphatic rings. The molecule has 0 aliphatic heterocycles. The van der Waals surface area contributed by atoms with Gasteiger partial charge in [0, 0.05) is 26.2 Å². The zero-order valence-corrected chi connectivity index (χ0v) is 17.4. The van der Waals surface area contributed by atoms with Gasteiger partial charge >= 0.3 is 5.91 Å². The molecule has 0 rings (SSSR count). The predicted octanol–water partition coefficient (Wildman–Crippen LogP) is -1.22. The molecule has 0 aromatic heterocycles. The first-order chi connectivity index (χ1) is 14.1. The lowest BCUT2D eigenvalue weighted by molar-refractivity contribution is -0.145. The van der Waals surface area contributed by atoms with Crippen LogP contribution in [-0.4, -0.2) is 89.6 Å². The van der Waals surface area contributed by atoms with Gasteiger partial charge < -0.3 is 25.4 Å². The second-order valence-electron chi connectivity index (χ2n) is 6.31. The highest BCUT2D eigenvalue weighted by molar-refractivity contribution is 6.64. The average molecular weight is 417 g/mol. The Morgan fingerprint density at radius 3 is 2.14 bits per heavy atom. The highest BCUT2D eigenvalue weighted by Crippen LogP contribution is 1.90. The topological polar surface area (TPSA) is 135 Å². The molecular weight excluding hydrogens is 380 g/mol.